The second-order valence-corrected chi connectivity index (χ2v) is 6.01. The SMILES string of the molecule is O=S(=O)(F)CCC1CC2(CCC2)CO1. The number of ether oxygens (including phenoxy) is 1. The van der Waals surface area contributed by atoms with Crippen LogP contribution in [-0.2, 0) is 15.0 Å². The van der Waals surface area contributed by atoms with Crippen molar-refractivity contribution in [1.29, 1.82) is 0 Å². The van der Waals surface area contributed by atoms with Gasteiger partial charge in [-0.1, -0.05) is 6.42 Å². The van der Waals surface area contributed by atoms with Crippen LogP contribution in [-0.4, -0.2) is 26.9 Å². The zero-order valence-corrected chi connectivity index (χ0v) is 8.85. The van der Waals surface area contributed by atoms with Gasteiger partial charge < -0.3 is 4.74 Å². The summed E-state index contributed by atoms with van der Waals surface area (Å²) >= 11 is 0. The maximum Gasteiger partial charge on any atom is 0.302 e. The van der Waals surface area contributed by atoms with Gasteiger partial charge in [-0.25, -0.2) is 0 Å². The molecule has 1 aliphatic carbocycles. The van der Waals surface area contributed by atoms with E-state index in [1.807, 2.05) is 0 Å². The van der Waals surface area contributed by atoms with E-state index >= 15 is 0 Å². The molecule has 2 fully saturated rings. The lowest BCUT2D eigenvalue weighted by Gasteiger charge is -2.36. The second kappa shape index (κ2) is 3.45. The van der Waals surface area contributed by atoms with Crippen molar-refractivity contribution in [2.75, 3.05) is 12.4 Å². The van der Waals surface area contributed by atoms with E-state index < -0.39 is 16.0 Å². The quantitative estimate of drug-likeness (QED) is 0.682. The summed E-state index contributed by atoms with van der Waals surface area (Å²) in [6.07, 6.45) is 4.80. The Labute approximate surface area is 83.8 Å². The Kier molecular flexibility index (Phi) is 2.55. The van der Waals surface area contributed by atoms with Crippen molar-refractivity contribution in [3.63, 3.8) is 0 Å². The molecule has 82 valence electrons. The molecule has 0 N–H and O–H groups in total. The zero-order valence-electron chi connectivity index (χ0n) is 8.04. The predicted octanol–water partition coefficient (Wildman–Crippen LogP) is 1.64. The fourth-order valence-corrected chi connectivity index (χ4v) is 2.92. The molecule has 0 amide bonds. The van der Waals surface area contributed by atoms with Gasteiger partial charge in [-0.15, -0.1) is 3.89 Å². The minimum Gasteiger partial charge on any atom is -0.378 e. The maximum atomic E-state index is 12.2. The molecular weight excluding hydrogens is 207 g/mol. The molecule has 14 heavy (non-hydrogen) atoms. The summed E-state index contributed by atoms with van der Waals surface area (Å²) in [5, 5.41) is 0. The molecule has 1 spiro atoms. The van der Waals surface area contributed by atoms with Crippen LogP contribution in [0.3, 0.4) is 0 Å². The van der Waals surface area contributed by atoms with Crippen molar-refractivity contribution < 1.29 is 17.0 Å². The fraction of sp³-hybridized carbons (Fsp3) is 1.00. The lowest BCUT2D eigenvalue weighted by molar-refractivity contribution is 0.0679. The van der Waals surface area contributed by atoms with E-state index in [0.29, 0.717) is 11.8 Å². The summed E-state index contributed by atoms with van der Waals surface area (Å²) in [4.78, 5) is 0. The van der Waals surface area contributed by atoms with Gasteiger partial charge in [0, 0.05) is 0 Å². The number of rotatable bonds is 3. The lowest BCUT2D eigenvalue weighted by atomic mass is 9.67. The molecule has 1 heterocycles. The van der Waals surface area contributed by atoms with Gasteiger partial charge in [0.1, 0.15) is 0 Å². The molecule has 1 aliphatic heterocycles. The van der Waals surface area contributed by atoms with Gasteiger partial charge in [0.2, 0.25) is 0 Å². The highest BCUT2D eigenvalue weighted by Gasteiger charge is 2.44. The summed E-state index contributed by atoms with van der Waals surface area (Å²) < 4.78 is 38.3. The fourth-order valence-electron chi connectivity index (χ4n) is 2.38. The highest BCUT2D eigenvalue weighted by atomic mass is 32.3. The second-order valence-electron chi connectivity index (χ2n) is 4.52. The van der Waals surface area contributed by atoms with E-state index in [-0.39, 0.29) is 6.10 Å². The normalized spacial score (nSPS) is 30.5. The van der Waals surface area contributed by atoms with Gasteiger partial charge in [-0.3, -0.25) is 0 Å². The van der Waals surface area contributed by atoms with Crippen molar-refractivity contribution in [3.8, 4) is 0 Å². The summed E-state index contributed by atoms with van der Waals surface area (Å²) in [6.45, 7) is 0.740. The summed E-state index contributed by atoms with van der Waals surface area (Å²) in [7, 11) is -4.32. The smallest absolute Gasteiger partial charge is 0.302 e. The van der Waals surface area contributed by atoms with Crippen LogP contribution in [0, 0.1) is 5.41 Å². The number of hydrogen-bond acceptors (Lipinski definition) is 3. The largest absolute Gasteiger partial charge is 0.378 e. The molecule has 1 unspecified atom stereocenters. The van der Waals surface area contributed by atoms with Gasteiger partial charge in [0.25, 0.3) is 0 Å². The Morgan fingerprint density at radius 1 is 1.43 bits per heavy atom. The zero-order chi connectivity index (χ0) is 10.2. The van der Waals surface area contributed by atoms with Gasteiger partial charge in [0.15, 0.2) is 0 Å². The van der Waals surface area contributed by atoms with Crippen LogP contribution >= 0.6 is 0 Å². The molecule has 0 radical (unpaired) electrons. The Hall–Kier alpha value is -0.160. The molecule has 0 bridgehead atoms. The maximum absolute atomic E-state index is 12.2. The van der Waals surface area contributed by atoms with E-state index in [9.17, 15) is 12.3 Å². The van der Waals surface area contributed by atoms with Crippen molar-refractivity contribution in [1.82, 2.24) is 0 Å². The standard InChI is InChI=1S/C9H15FO3S/c10-14(11,12)5-2-8-6-9(7-13-8)3-1-4-9/h8H,1-7H2. The monoisotopic (exact) mass is 222 g/mol. The third kappa shape index (κ3) is 2.25. The topological polar surface area (TPSA) is 43.4 Å². The Balaban J connectivity index is 1.79. The molecule has 1 atom stereocenters. The molecule has 3 nitrogen and oxygen atoms in total. The van der Waals surface area contributed by atoms with Crippen molar-refractivity contribution in [2.45, 2.75) is 38.2 Å². The third-order valence-corrected chi connectivity index (χ3v) is 4.11. The Morgan fingerprint density at radius 2 is 2.14 bits per heavy atom. The first-order valence-electron chi connectivity index (χ1n) is 5.03. The van der Waals surface area contributed by atoms with Crippen LogP contribution in [0.1, 0.15) is 32.1 Å². The average molecular weight is 222 g/mol. The van der Waals surface area contributed by atoms with E-state index in [4.69, 9.17) is 4.74 Å². The summed E-state index contributed by atoms with van der Waals surface area (Å²) in [6, 6.07) is 0. The van der Waals surface area contributed by atoms with Crippen LogP contribution in [0.15, 0.2) is 0 Å². The summed E-state index contributed by atoms with van der Waals surface area (Å²) in [5.41, 5.74) is 0.324. The first kappa shape index (κ1) is 10.4. The van der Waals surface area contributed by atoms with E-state index in [1.165, 1.54) is 19.3 Å². The predicted molar refractivity (Wildman–Crippen MR) is 50.2 cm³/mol. The highest BCUT2D eigenvalue weighted by molar-refractivity contribution is 7.86. The van der Waals surface area contributed by atoms with E-state index in [1.54, 1.807) is 0 Å². The first-order valence-corrected chi connectivity index (χ1v) is 6.58. The van der Waals surface area contributed by atoms with Crippen LogP contribution in [0.2, 0.25) is 0 Å². The Bertz CT molecular complexity index is 308. The van der Waals surface area contributed by atoms with Crippen molar-refractivity contribution in [3.05, 3.63) is 0 Å². The average Bonchev–Trinajstić information content (AvgIpc) is 2.42. The number of hydrogen-bond donors (Lipinski definition) is 0. The van der Waals surface area contributed by atoms with Crippen molar-refractivity contribution in [2.24, 2.45) is 5.41 Å². The van der Waals surface area contributed by atoms with E-state index in [2.05, 4.69) is 0 Å². The van der Waals surface area contributed by atoms with Gasteiger partial charge in [0.05, 0.1) is 18.5 Å². The van der Waals surface area contributed by atoms with Gasteiger partial charge in [-0.05, 0) is 31.1 Å². The number of halogens is 1. The molecule has 1 saturated carbocycles. The van der Waals surface area contributed by atoms with Gasteiger partial charge >= 0.3 is 10.2 Å². The van der Waals surface area contributed by atoms with Crippen LogP contribution in [0.25, 0.3) is 0 Å². The third-order valence-electron chi connectivity index (χ3n) is 3.38. The molecule has 0 aromatic heterocycles. The minimum atomic E-state index is -4.32. The first-order chi connectivity index (χ1) is 6.49. The van der Waals surface area contributed by atoms with Crippen molar-refractivity contribution >= 4 is 10.2 Å². The molecule has 0 aromatic carbocycles. The molecule has 5 heteroatoms. The van der Waals surface area contributed by atoms with Crippen LogP contribution in [0.4, 0.5) is 3.89 Å². The van der Waals surface area contributed by atoms with E-state index in [0.717, 1.165) is 13.0 Å². The molecular formula is C9H15FO3S. The van der Waals surface area contributed by atoms with Gasteiger partial charge in [-0.2, -0.15) is 8.42 Å². The summed E-state index contributed by atoms with van der Waals surface area (Å²) in [5.74, 6) is -0.395. The van der Waals surface area contributed by atoms with Crippen LogP contribution < -0.4 is 0 Å². The Morgan fingerprint density at radius 3 is 2.57 bits per heavy atom. The molecule has 0 aromatic rings. The molecule has 2 aliphatic rings. The van der Waals surface area contributed by atoms with Crippen LogP contribution in [0.5, 0.6) is 0 Å². The lowest BCUT2D eigenvalue weighted by Crippen LogP contribution is -2.29. The minimum absolute atomic E-state index is 0.0409. The molecule has 1 saturated heterocycles. The highest BCUT2D eigenvalue weighted by Crippen LogP contribution is 2.49. The molecule has 2 rings (SSSR count).